The molecule has 0 bridgehead atoms. The lowest BCUT2D eigenvalue weighted by atomic mass is 9.94. The lowest BCUT2D eigenvalue weighted by Gasteiger charge is -2.18. The van der Waals surface area contributed by atoms with Crippen molar-refractivity contribution in [3.63, 3.8) is 0 Å². The highest BCUT2D eigenvalue weighted by atomic mass is 16.5. The highest BCUT2D eigenvalue weighted by Gasteiger charge is 2.09. The van der Waals surface area contributed by atoms with Gasteiger partial charge in [-0.3, -0.25) is 0 Å². The average molecular weight is 261 g/mol. The smallest absolute Gasteiger partial charge is 0.123 e. The third-order valence-corrected chi connectivity index (χ3v) is 3.45. The molecular weight excluding hydrogens is 238 g/mol. The van der Waals surface area contributed by atoms with E-state index < -0.39 is 0 Å². The van der Waals surface area contributed by atoms with E-state index in [1.807, 2.05) is 18.2 Å². The van der Waals surface area contributed by atoms with Crippen molar-refractivity contribution >= 4 is 0 Å². The van der Waals surface area contributed by atoms with E-state index >= 15 is 0 Å². The molecule has 0 radical (unpaired) electrons. The molecule has 0 amide bonds. The van der Waals surface area contributed by atoms with Gasteiger partial charge in [0.2, 0.25) is 0 Å². The number of ether oxygens (including phenoxy) is 1. The van der Waals surface area contributed by atoms with Crippen LogP contribution in [0.4, 0.5) is 0 Å². The standard InChI is InChI=1S/C16H23NO2/c18-10-11-19-16-9-5-4-8-15(16)13-17-12-14-6-2-1-3-7-14/h1-2,4-5,8-9,14,17-18H,3,6-7,10-13H2. The Balaban J connectivity index is 1.79. The van der Waals surface area contributed by atoms with Gasteiger partial charge in [-0.1, -0.05) is 30.4 Å². The van der Waals surface area contributed by atoms with Crippen LogP contribution in [0.2, 0.25) is 0 Å². The first kappa shape index (κ1) is 14.1. The van der Waals surface area contributed by atoms with Crippen LogP contribution in [0.3, 0.4) is 0 Å². The second-order valence-corrected chi connectivity index (χ2v) is 4.96. The Bertz CT molecular complexity index is 403. The van der Waals surface area contributed by atoms with E-state index in [9.17, 15) is 0 Å². The Morgan fingerprint density at radius 3 is 2.95 bits per heavy atom. The van der Waals surface area contributed by atoms with Crippen molar-refractivity contribution in [3.8, 4) is 5.75 Å². The third kappa shape index (κ3) is 4.69. The second-order valence-electron chi connectivity index (χ2n) is 4.96. The highest BCUT2D eigenvalue weighted by Crippen LogP contribution is 2.19. The molecule has 2 N–H and O–H groups in total. The summed E-state index contributed by atoms with van der Waals surface area (Å²) in [6, 6.07) is 8.00. The van der Waals surface area contributed by atoms with Crippen LogP contribution in [-0.4, -0.2) is 24.9 Å². The third-order valence-electron chi connectivity index (χ3n) is 3.45. The zero-order chi connectivity index (χ0) is 13.3. The number of allylic oxidation sites excluding steroid dienone is 2. The van der Waals surface area contributed by atoms with E-state index in [-0.39, 0.29) is 6.61 Å². The van der Waals surface area contributed by atoms with Gasteiger partial charge in [-0.2, -0.15) is 0 Å². The molecule has 0 saturated carbocycles. The van der Waals surface area contributed by atoms with E-state index in [2.05, 4.69) is 23.5 Å². The summed E-state index contributed by atoms with van der Waals surface area (Å²) in [5, 5.41) is 12.3. The molecule has 0 aromatic heterocycles. The van der Waals surface area contributed by atoms with E-state index in [4.69, 9.17) is 9.84 Å². The van der Waals surface area contributed by atoms with Crippen molar-refractivity contribution in [2.75, 3.05) is 19.8 Å². The molecule has 1 aliphatic carbocycles. The first-order valence-corrected chi connectivity index (χ1v) is 7.07. The Morgan fingerprint density at radius 1 is 1.26 bits per heavy atom. The molecule has 0 heterocycles. The van der Waals surface area contributed by atoms with E-state index in [1.165, 1.54) is 19.3 Å². The predicted octanol–water partition coefficient (Wildman–Crippen LogP) is 2.50. The van der Waals surface area contributed by atoms with Crippen LogP contribution in [0.5, 0.6) is 5.75 Å². The maximum atomic E-state index is 8.82. The van der Waals surface area contributed by atoms with Crippen LogP contribution in [0.15, 0.2) is 36.4 Å². The van der Waals surface area contributed by atoms with Gasteiger partial charge in [0.15, 0.2) is 0 Å². The van der Waals surface area contributed by atoms with Crippen LogP contribution >= 0.6 is 0 Å². The van der Waals surface area contributed by atoms with Crippen molar-refractivity contribution in [1.29, 1.82) is 0 Å². The Hall–Kier alpha value is -1.32. The van der Waals surface area contributed by atoms with Crippen LogP contribution in [-0.2, 0) is 6.54 Å². The molecule has 0 spiro atoms. The molecular formula is C16H23NO2. The van der Waals surface area contributed by atoms with Crippen LogP contribution in [0.25, 0.3) is 0 Å². The van der Waals surface area contributed by atoms with Gasteiger partial charge in [-0.25, -0.2) is 0 Å². The lowest BCUT2D eigenvalue weighted by Crippen LogP contribution is -2.23. The van der Waals surface area contributed by atoms with Crippen LogP contribution in [0, 0.1) is 5.92 Å². The summed E-state index contributed by atoms with van der Waals surface area (Å²) >= 11 is 0. The molecule has 19 heavy (non-hydrogen) atoms. The van der Waals surface area contributed by atoms with Gasteiger partial charge in [0.1, 0.15) is 12.4 Å². The molecule has 3 heteroatoms. The maximum Gasteiger partial charge on any atom is 0.123 e. The minimum absolute atomic E-state index is 0.0518. The minimum atomic E-state index is 0.0518. The normalized spacial score (nSPS) is 18.5. The second kappa shape index (κ2) is 7.97. The summed E-state index contributed by atoms with van der Waals surface area (Å²) in [7, 11) is 0. The van der Waals surface area contributed by atoms with Crippen molar-refractivity contribution in [2.24, 2.45) is 5.92 Å². The fraction of sp³-hybridized carbons (Fsp3) is 0.500. The summed E-state index contributed by atoms with van der Waals surface area (Å²) in [5.74, 6) is 1.63. The molecule has 3 nitrogen and oxygen atoms in total. The van der Waals surface area contributed by atoms with Crippen molar-refractivity contribution < 1.29 is 9.84 Å². The molecule has 104 valence electrons. The zero-order valence-corrected chi connectivity index (χ0v) is 11.3. The fourth-order valence-electron chi connectivity index (χ4n) is 2.40. The van der Waals surface area contributed by atoms with E-state index in [0.29, 0.717) is 6.61 Å². The topological polar surface area (TPSA) is 41.5 Å². The summed E-state index contributed by atoms with van der Waals surface area (Å²) in [4.78, 5) is 0. The zero-order valence-electron chi connectivity index (χ0n) is 11.3. The molecule has 0 fully saturated rings. The van der Waals surface area contributed by atoms with Crippen molar-refractivity contribution in [3.05, 3.63) is 42.0 Å². The number of para-hydroxylation sites is 1. The molecule has 1 atom stereocenters. The van der Waals surface area contributed by atoms with Gasteiger partial charge < -0.3 is 15.2 Å². The summed E-state index contributed by atoms with van der Waals surface area (Å²) in [5.41, 5.74) is 1.15. The van der Waals surface area contributed by atoms with Gasteiger partial charge >= 0.3 is 0 Å². The molecule has 0 aliphatic heterocycles. The highest BCUT2D eigenvalue weighted by molar-refractivity contribution is 5.33. The number of hydrogen-bond acceptors (Lipinski definition) is 3. The minimum Gasteiger partial charge on any atom is -0.491 e. The van der Waals surface area contributed by atoms with Crippen molar-refractivity contribution in [2.45, 2.75) is 25.8 Å². The number of nitrogens with one attached hydrogen (secondary N) is 1. The summed E-state index contributed by atoms with van der Waals surface area (Å²) < 4.78 is 5.53. The van der Waals surface area contributed by atoms with Crippen LogP contribution < -0.4 is 10.1 Å². The first-order chi connectivity index (χ1) is 9.40. The van der Waals surface area contributed by atoms with Gasteiger partial charge in [-0.15, -0.1) is 0 Å². The molecule has 1 aromatic rings. The number of aliphatic hydroxyl groups excluding tert-OH is 1. The van der Waals surface area contributed by atoms with Crippen molar-refractivity contribution in [1.82, 2.24) is 5.32 Å². The van der Waals surface area contributed by atoms with Gasteiger partial charge in [-0.05, 0) is 37.8 Å². The Morgan fingerprint density at radius 2 is 2.16 bits per heavy atom. The summed E-state index contributed by atoms with van der Waals surface area (Å²) in [6.45, 7) is 2.28. The SMILES string of the molecule is OCCOc1ccccc1CNCC1CC=CCC1. The quantitative estimate of drug-likeness (QED) is 0.741. The fourth-order valence-corrected chi connectivity index (χ4v) is 2.40. The van der Waals surface area contributed by atoms with Gasteiger partial charge in [0, 0.05) is 12.1 Å². The molecule has 1 unspecified atom stereocenters. The first-order valence-electron chi connectivity index (χ1n) is 7.07. The average Bonchev–Trinajstić information content (AvgIpc) is 2.47. The van der Waals surface area contributed by atoms with E-state index in [0.717, 1.165) is 30.3 Å². The van der Waals surface area contributed by atoms with E-state index in [1.54, 1.807) is 0 Å². The van der Waals surface area contributed by atoms with Gasteiger partial charge in [0.25, 0.3) is 0 Å². The molecule has 1 aromatic carbocycles. The summed E-state index contributed by atoms with van der Waals surface area (Å²) in [6.07, 6.45) is 8.24. The predicted molar refractivity (Wildman–Crippen MR) is 77.2 cm³/mol. The lowest BCUT2D eigenvalue weighted by molar-refractivity contribution is 0.200. The van der Waals surface area contributed by atoms with Crippen LogP contribution in [0.1, 0.15) is 24.8 Å². The number of aliphatic hydroxyl groups is 1. The maximum absolute atomic E-state index is 8.82. The molecule has 1 aliphatic rings. The number of rotatable bonds is 7. The molecule has 0 saturated heterocycles. The monoisotopic (exact) mass is 261 g/mol. The largest absolute Gasteiger partial charge is 0.491 e. The Kier molecular flexibility index (Phi) is 5.92. The molecule has 2 rings (SSSR count). The number of hydrogen-bond donors (Lipinski definition) is 2. The number of benzene rings is 1. The Labute approximate surface area is 115 Å². The van der Waals surface area contributed by atoms with Gasteiger partial charge in [0.05, 0.1) is 6.61 Å².